The van der Waals surface area contributed by atoms with Crippen LogP contribution in [-0.2, 0) is 39.1 Å². The van der Waals surface area contributed by atoms with E-state index in [1.54, 1.807) is 24.3 Å². The highest BCUT2D eigenvalue weighted by Crippen LogP contribution is 2.15. The predicted molar refractivity (Wildman–Crippen MR) is 168 cm³/mol. The van der Waals surface area contributed by atoms with Crippen LogP contribution in [0.2, 0.25) is 0 Å². The number of benzene rings is 2. The molecule has 266 valence electrons. The number of ether oxygens (including phenoxy) is 4. The van der Waals surface area contributed by atoms with Gasteiger partial charge in [0, 0.05) is 0 Å². The number of rotatable bonds is 25. The molecule has 14 nitrogen and oxygen atoms in total. The van der Waals surface area contributed by atoms with Gasteiger partial charge in [0.2, 0.25) is 0 Å². The minimum absolute atomic E-state index is 0.159. The maximum atomic E-state index is 11.9. The number of carbonyl (C=O) groups excluding carboxylic acids is 4. The molecule has 0 heterocycles. The summed E-state index contributed by atoms with van der Waals surface area (Å²) in [4.78, 5) is 64.4. The van der Waals surface area contributed by atoms with Crippen LogP contribution in [0.5, 0.6) is 11.5 Å². The standard InChI is InChI=1S/C34H46O14/c1-3-23-39-29-19-15-27(16-20-29)31(35)43-47-45-33(37)41-25-13-11-9-7-5-6-8-10-12-14-26-42-34(38)46-48-44-32(36)28-17-21-30(22-18-28)40-24-4-2/h15-22H,3-14,23-26H2,1-2H3. The van der Waals surface area contributed by atoms with E-state index in [1.165, 1.54) is 24.3 Å². The topological polar surface area (TPSA) is 161 Å². The zero-order chi connectivity index (χ0) is 34.7. The summed E-state index contributed by atoms with van der Waals surface area (Å²) in [6.07, 6.45) is 8.96. The van der Waals surface area contributed by atoms with Crippen molar-refractivity contribution in [3.63, 3.8) is 0 Å². The van der Waals surface area contributed by atoms with Gasteiger partial charge in [-0.15, -0.1) is 0 Å². The van der Waals surface area contributed by atoms with Gasteiger partial charge in [-0.3, -0.25) is 9.78 Å². The first-order chi connectivity index (χ1) is 23.4. The van der Waals surface area contributed by atoms with Crippen LogP contribution in [0.15, 0.2) is 48.5 Å². The fraction of sp³-hybridized carbons (Fsp3) is 0.529. The molecule has 0 bridgehead atoms. The summed E-state index contributed by atoms with van der Waals surface area (Å²) < 4.78 is 20.6. The Kier molecular flexibility index (Phi) is 21.1. The fourth-order valence-electron chi connectivity index (χ4n) is 4.04. The summed E-state index contributed by atoms with van der Waals surface area (Å²) in [6, 6.07) is 12.5. The second-order valence-corrected chi connectivity index (χ2v) is 10.5. The molecule has 0 radical (unpaired) electrons. The van der Waals surface area contributed by atoms with Gasteiger partial charge in [0.15, 0.2) is 0 Å². The van der Waals surface area contributed by atoms with Gasteiger partial charge < -0.3 is 18.9 Å². The minimum atomic E-state index is -1.10. The van der Waals surface area contributed by atoms with Crippen molar-refractivity contribution in [1.29, 1.82) is 0 Å². The maximum Gasteiger partial charge on any atom is 0.543 e. The van der Waals surface area contributed by atoms with Crippen LogP contribution in [-0.4, -0.2) is 50.7 Å². The molecular formula is C34H46O14. The minimum Gasteiger partial charge on any atom is -0.494 e. The van der Waals surface area contributed by atoms with Gasteiger partial charge in [-0.1, -0.05) is 65.2 Å². The van der Waals surface area contributed by atoms with E-state index in [0.717, 1.165) is 64.2 Å². The first-order valence-corrected chi connectivity index (χ1v) is 16.3. The Balaban J connectivity index is 1.33. The van der Waals surface area contributed by atoms with Crippen molar-refractivity contribution >= 4 is 24.2 Å². The summed E-state index contributed by atoms with van der Waals surface area (Å²) in [5.74, 6) is -0.413. The maximum absolute atomic E-state index is 11.9. The quantitative estimate of drug-likeness (QED) is 0.0428. The molecule has 0 unspecified atom stereocenters. The monoisotopic (exact) mass is 678 g/mol. The lowest BCUT2D eigenvalue weighted by Crippen LogP contribution is -2.12. The van der Waals surface area contributed by atoms with Crippen molar-refractivity contribution in [1.82, 2.24) is 0 Å². The average molecular weight is 679 g/mol. The summed E-state index contributed by atoms with van der Waals surface area (Å²) in [6.45, 7) is 5.44. The van der Waals surface area contributed by atoms with Gasteiger partial charge in [-0.05, 0) is 74.2 Å². The van der Waals surface area contributed by atoms with Gasteiger partial charge in [0.25, 0.3) is 0 Å². The van der Waals surface area contributed by atoms with Gasteiger partial charge >= 0.3 is 24.2 Å². The van der Waals surface area contributed by atoms with Gasteiger partial charge in [0.05, 0.1) is 47.6 Å². The van der Waals surface area contributed by atoms with Crippen molar-refractivity contribution in [2.45, 2.75) is 90.9 Å². The Morgan fingerprint density at radius 1 is 0.438 bits per heavy atom. The lowest BCUT2D eigenvalue weighted by Gasteiger charge is -2.06. The lowest BCUT2D eigenvalue weighted by molar-refractivity contribution is -0.452. The van der Waals surface area contributed by atoms with Crippen molar-refractivity contribution < 1.29 is 67.8 Å². The molecule has 2 rings (SSSR count). The van der Waals surface area contributed by atoms with E-state index in [0.29, 0.717) is 37.6 Å². The number of hydrogen-bond acceptors (Lipinski definition) is 14. The zero-order valence-electron chi connectivity index (χ0n) is 27.6. The summed E-state index contributed by atoms with van der Waals surface area (Å²) in [5, 5.41) is 8.44. The Hall–Kier alpha value is -4.56. The summed E-state index contributed by atoms with van der Waals surface area (Å²) >= 11 is 0. The van der Waals surface area contributed by atoms with Crippen molar-refractivity contribution in [3.05, 3.63) is 59.7 Å². The van der Waals surface area contributed by atoms with Crippen LogP contribution < -0.4 is 9.47 Å². The second-order valence-electron chi connectivity index (χ2n) is 10.5. The third kappa shape index (κ3) is 18.6. The van der Waals surface area contributed by atoms with Crippen molar-refractivity contribution in [2.75, 3.05) is 26.4 Å². The first-order valence-electron chi connectivity index (χ1n) is 16.3. The molecule has 0 atom stereocenters. The molecule has 2 aromatic carbocycles. The van der Waals surface area contributed by atoms with E-state index >= 15 is 0 Å². The molecule has 0 spiro atoms. The Bertz CT molecular complexity index is 1090. The van der Waals surface area contributed by atoms with E-state index in [-0.39, 0.29) is 24.3 Å². The molecule has 0 saturated heterocycles. The van der Waals surface area contributed by atoms with E-state index in [4.69, 9.17) is 18.9 Å². The first kappa shape index (κ1) is 39.6. The van der Waals surface area contributed by atoms with E-state index in [9.17, 15) is 19.2 Å². The van der Waals surface area contributed by atoms with Crippen LogP contribution in [0.25, 0.3) is 0 Å². The Labute approximate surface area is 280 Å². The van der Waals surface area contributed by atoms with Crippen LogP contribution in [0.3, 0.4) is 0 Å². The largest absolute Gasteiger partial charge is 0.543 e. The molecule has 2 aromatic rings. The molecule has 0 N–H and O–H groups in total. The molecule has 0 aliphatic rings. The molecule has 0 saturated carbocycles. The van der Waals surface area contributed by atoms with E-state index < -0.39 is 24.2 Å². The summed E-state index contributed by atoms with van der Waals surface area (Å²) in [7, 11) is 0. The Morgan fingerprint density at radius 3 is 1.10 bits per heavy atom. The van der Waals surface area contributed by atoms with Crippen LogP contribution in [0, 0.1) is 0 Å². The second kappa shape index (κ2) is 25.5. The van der Waals surface area contributed by atoms with Crippen molar-refractivity contribution in [2.24, 2.45) is 0 Å². The average Bonchev–Trinajstić information content (AvgIpc) is 3.10. The molecular weight excluding hydrogens is 632 g/mol. The van der Waals surface area contributed by atoms with Gasteiger partial charge in [-0.2, -0.15) is 0 Å². The molecule has 48 heavy (non-hydrogen) atoms. The number of carbonyl (C=O) groups is 4. The molecule has 14 heteroatoms. The molecule has 0 fully saturated rings. The predicted octanol–water partition coefficient (Wildman–Crippen LogP) is 8.18. The smallest absolute Gasteiger partial charge is 0.494 e. The van der Waals surface area contributed by atoms with Crippen LogP contribution in [0.4, 0.5) is 9.59 Å². The lowest BCUT2D eigenvalue weighted by atomic mass is 10.1. The molecule has 0 amide bonds. The SMILES string of the molecule is CCCOc1ccc(C(=O)OOOC(=O)OCCCCCCCCCCCCOC(=O)OOOC(=O)c2ccc(OCCC)cc2)cc1. The number of hydrogen-bond donors (Lipinski definition) is 0. The highest BCUT2D eigenvalue weighted by atomic mass is 17.5. The molecule has 0 aliphatic carbocycles. The van der Waals surface area contributed by atoms with Crippen LogP contribution >= 0.6 is 0 Å². The van der Waals surface area contributed by atoms with Gasteiger partial charge in [0.1, 0.15) is 11.5 Å². The highest BCUT2D eigenvalue weighted by molar-refractivity contribution is 5.89. The fourth-order valence-corrected chi connectivity index (χ4v) is 4.04. The summed E-state index contributed by atoms with van der Waals surface area (Å²) in [5.41, 5.74) is 0.402. The highest BCUT2D eigenvalue weighted by Gasteiger charge is 2.14. The molecule has 0 aromatic heterocycles. The third-order valence-electron chi connectivity index (χ3n) is 6.53. The van der Waals surface area contributed by atoms with E-state index in [2.05, 4.69) is 29.6 Å². The third-order valence-corrected chi connectivity index (χ3v) is 6.53. The zero-order valence-corrected chi connectivity index (χ0v) is 27.6. The number of unbranched alkanes of at least 4 members (excludes halogenated alkanes) is 9. The van der Waals surface area contributed by atoms with Crippen molar-refractivity contribution in [3.8, 4) is 11.5 Å². The van der Waals surface area contributed by atoms with Crippen LogP contribution in [0.1, 0.15) is 112 Å². The van der Waals surface area contributed by atoms with Gasteiger partial charge in [-0.25, -0.2) is 29.0 Å². The Morgan fingerprint density at radius 2 is 0.771 bits per heavy atom. The van der Waals surface area contributed by atoms with E-state index in [1.807, 2.05) is 13.8 Å². The molecule has 0 aliphatic heterocycles. The normalized spacial score (nSPS) is 10.5.